The molecule has 1 atom stereocenters. The smallest absolute Gasteiger partial charge is 0.257 e. The van der Waals surface area contributed by atoms with Crippen molar-refractivity contribution in [1.82, 2.24) is 9.88 Å². The number of halogens is 1. The standard InChI is InChI=1S/C24H27FN2O2S/c1-5-18(4)27(24(28)21-8-6-7-9-22(21)25)13-19-15-30-23(26-19)14-29-20-11-10-16(2)17(3)12-20/h6-12,15,18H,5,13-14H2,1-4H3/t18-/m0/s1. The van der Waals surface area contributed by atoms with Crippen molar-refractivity contribution < 1.29 is 13.9 Å². The van der Waals surface area contributed by atoms with Crippen LogP contribution in [0, 0.1) is 19.7 Å². The van der Waals surface area contributed by atoms with Crippen LogP contribution in [0.25, 0.3) is 0 Å². The third-order valence-electron chi connectivity index (χ3n) is 5.26. The average Bonchev–Trinajstić information content (AvgIpc) is 3.20. The van der Waals surface area contributed by atoms with Gasteiger partial charge in [-0.05, 0) is 62.6 Å². The van der Waals surface area contributed by atoms with Crippen molar-refractivity contribution in [2.45, 2.75) is 53.3 Å². The van der Waals surface area contributed by atoms with Gasteiger partial charge in [0, 0.05) is 11.4 Å². The topological polar surface area (TPSA) is 42.4 Å². The highest BCUT2D eigenvalue weighted by Gasteiger charge is 2.24. The molecular weight excluding hydrogens is 399 g/mol. The van der Waals surface area contributed by atoms with Crippen LogP contribution in [-0.2, 0) is 13.2 Å². The quantitative estimate of drug-likeness (QED) is 0.449. The second-order valence-electron chi connectivity index (χ2n) is 7.44. The summed E-state index contributed by atoms with van der Waals surface area (Å²) in [5.41, 5.74) is 3.28. The van der Waals surface area contributed by atoms with E-state index in [0.717, 1.165) is 22.9 Å². The van der Waals surface area contributed by atoms with Gasteiger partial charge in [0.05, 0.1) is 17.8 Å². The summed E-state index contributed by atoms with van der Waals surface area (Å²) in [6, 6.07) is 12.1. The molecule has 4 nitrogen and oxygen atoms in total. The Labute approximate surface area is 181 Å². The zero-order valence-electron chi connectivity index (χ0n) is 17.8. The van der Waals surface area contributed by atoms with Gasteiger partial charge >= 0.3 is 0 Å². The van der Waals surface area contributed by atoms with Crippen LogP contribution in [0.5, 0.6) is 5.75 Å². The van der Waals surface area contributed by atoms with Gasteiger partial charge in [-0.15, -0.1) is 11.3 Å². The number of hydrogen-bond donors (Lipinski definition) is 0. The summed E-state index contributed by atoms with van der Waals surface area (Å²) in [6.45, 7) is 8.81. The summed E-state index contributed by atoms with van der Waals surface area (Å²) in [6.07, 6.45) is 0.771. The van der Waals surface area contributed by atoms with Crippen LogP contribution in [0.1, 0.15) is 52.5 Å². The molecule has 3 aromatic rings. The molecule has 1 amide bonds. The maximum Gasteiger partial charge on any atom is 0.257 e. The molecule has 6 heteroatoms. The van der Waals surface area contributed by atoms with E-state index in [1.165, 1.54) is 34.6 Å². The Kier molecular flexibility index (Phi) is 7.21. The number of amides is 1. The minimum absolute atomic E-state index is 0.0333. The summed E-state index contributed by atoms with van der Waals surface area (Å²) in [5, 5.41) is 2.77. The van der Waals surface area contributed by atoms with Crippen molar-refractivity contribution in [3.8, 4) is 5.75 Å². The molecule has 0 saturated carbocycles. The van der Waals surface area contributed by atoms with Crippen LogP contribution in [-0.4, -0.2) is 21.8 Å². The van der Waals surface area contributed by atoms with E-state index in [2.05, 4.69) is 18.8 Å². The number of thiazole rings is 1. The van der Waals surface area contributed by atoms with E-state index in [9.17, 15) is 9.18 Å². The molecule has 3 rings (SSSR count). The number of aromatic nitrogens is 1. The molecule has 0 saturated heterocycles. The van der Waals surface area contributed by atoms with Crippen molar-refractivity contribution in [3.05, 3.63) is 81.1 Å². The summed E-state index contributed by atoms with van der Waals surface area (Å²) < 4.78 is 20.0. The molecule has 0 aliphatic heterocycles. The van der Waals surface area contributed by atoms with Crippen molar-refractivity contribution in [2.24, 2.45) is 0 Å². The SMILES string of the molecule is CC[C@H](C)N(Cc1csc(COc2ccc(C)c(C)c2)n1)C(=O)c1ccccc1F. The first-order valence-electron chi connectivity index (χ1n) is 10.1. The van der Waals surface area contributed by atoms with Crippen LogP contribution in [0.4, 0.5) is 4.39 Å². The highest BCUT2D eigenvalue weighted by molar-refractivity contribution is 7.09. The number of carbonyl (C=O) groups excluding carboxylic acids is 1. The van der Waals surface area contributed by atoms with Crippen LogP contribution < -0.4 is 4.74 Å². The number of carbonyl (C=O) groups is 1. The predicted molar refractivity (Wildman–Crippen MR) is 118 cm³/mol. The largest absolute Gasteiger partial charge is 0.486 e. The fourth-order valence-electron chi connectivity index (χ4n) is 3.05. The maximum absolute atomic E-state index is 14.1. The molecule has 0 fully saturated rings. The fourth-order valence-corrected chi connectivity index (χ4v) is 3.74. The van der Waals surface area contributed by atoms with Crippen LogP contribution in [0.2, 0.25) is 0 Å². The Bertz CT molecular complexity index is 1020. The Balaban J connectivity index is 1.70. The lowest BCUT2D eigenvalue weighted by atomic mass is 10.1. The van der Waals surface area contributed by atoms with Crippen molar-refractivity contribution in [3.63, 3.8) is 0 Å². The normalized spacial score (nSPS) is 11.9. The Morgan fingerprint density at radius 1 is 1.20 bits per heavy atom. The molecule has 1 aromatic heterocycles. The molecule has 0 aliphatic carbocycles. The van der Waals surface area contributed by atoms with Crippen molar-refractivity contribution in [1.29, 1.82) is 0 Å². The molecule has 0 bridgehead atoms. The number of benzene rings is 2. The highest BCUT2D eigenvalue weighted by Crippen LogP contribution is 2.21. The van der Waals surface area contributed by atoms with Crippen LogP contribution in [0.3, 0.4) is 0 Å². The monoisotopic (exact) mass is 426 g/mol. The molecule has 1 heterocycles. The molecule has 0 aliphatic rings. The molecule has 0 spiro atoms. The van der Waals surface area contributed by atoms with E-state index in [1.54, 1.807) is 17.0 Å². The van der Waals surface area contributed by atoms with Gasteiger partial charge in [0.25, 0.3) is 5.91 Å². The number of rotatable bonds is 8. The number of nitrogens with zero attached hydrogens (tertiary/aromatic N) is 2. The van der Waals surface area contributed by atoms with Gasteiger partial charge in [-0.3, -0.25) is 4.79 Å². The molecule has 0 N–H and O–H groups in total. The zero-order chi connectivity index (χ0) is 21.7. The third kappa shape index (κ3) is 5.25. The van der Waals surface area contributed by atoms with E-state index in [0.29, 0.717) is 13.2 Å². The summed E-state index contributed by atoms with van der Waals surface area (Å²) in [5.74, 6) is -0.00856. The summed E-state index contributed by atoms with van der Waals surface area (Å²) in [4.78, 5) is 19.3. The predicted octanol–water partition coefficient (Wildman–Crippen LogP) is 5.92. The summed E-state index contributed by atoms with van der Waals surface area (Å²) >= 11 is 1.50. The minimum atomic E-state index is -0.503. The van der Waals surface area contributed by atoms with E-state index < -0.39 is 5.82 Å². The molecular formula is C24H27FN2O2S. The minimum Gasteiger partial charge on any atom is -0.486 e. The van der Waals surface area contributed by atoms with Crippen LogP contribution in [0.15, 0.2) is 47.8 Å². The van der Waals surface area contributed by atoms with Gasteiger partial charge in [0.2, 0.25) is 0 Å². The van der Waals surface area contributed by atoms with Gasteiger partial charge in [0.1, 0.15) is 23.2 Å². The Morgan fingerprint density at radius 2 is 1.97 bits per heavy atom. The van der Waals surface area contributed by atoms with Gasteiger partial charge in [0.15, 0.2) is 0 Å². The maximum atomic E-state index is 14.1. The Hall–Kier alpha value is -2.73. The number of hydrogen-bond acceptors (Lipinski definition) is 4. The highest BCUT2D eigenvalue weighted by atomic mass is 32.1. The van der Waals surface area contributed by atoms with Crippen molar-refractivity contribution >= 4 is 17.2 Å². The molecule has 30 heavy (non-hydrogen) atoms. The first kappa shape index (κ1) is 22.0. The average molecular weight is 427 g/mol. The van der Waals surface area contributed by atoms with E-state index in [1.807, 2.05) is 37.4 Å². The molecule has 0 unspecified atom stereocenters. The lowest BCUT2D eigenvalue weighted by Crippen LogP contribution is -2.38. The second-order valence-corrected chi connectivity index (χ2v) is 8.38. The van der Waals surface area contributed by atoms with Gasteiger partial charge in [-0.2, -0.15) is 0 Å². The zero-order valence-corrected chi connectivity index (χ0v) is 18.6. The molecule has 2 aromatic carbocycles. The first-order valence-corrected chi connectivity index (χ1v) is 11.0. The first-order chi connectivity index (χ1) is 14.4. The van der Waals surface area contributed by atoms with Crippen LogP contribution >= 0.6 is 11.3 Å². The lowest BCUT2D eigenvalue weighted by Gasteiger charge is -2.28. The molecule has 0 radical (unpaired) electrons. The number of aryl methyl sites for hydroxylation is 2. The van der Waals surface area contributed by atoms with Crippen molar-refractivity contribution in [2.75, 3.05) is 0 Å². The third-order valence-corrected chi connectivity index (χ3v) is 6.13. The van der Waals surface area contributed by atoms with E-state index in [4.69, 9.17) is 4.74 Å². The molecule has 158 valence electrons. The lowest BCUT2D eigenvalue weighted by molar-refractivity contribution is 0.0664. The van der Waals surface area contributed by atoms with E-state index in [-0.39, 0.29) is 17.5 Å². The fraction of sp³-hybridized carbons (Fsp3) is 0.333. The second kappa shape index (κ2) is 9.85. The van der Waals surface area contributed by atoms with Gasteiger partial charge < -0.3 is 9.64 Å². The summed E-state index contributed by atoms with van der Waals surface area (Å²) in [7, 11) is 0. The van der Waals surface area contributed by atoms with Gasteiger partial charge in [-0.25, -0.2) is 9.37 Å². The Morgan fingerprint density at radius 3 is 2.67 bits per heavy atom. The van der Waals surface area contributed by atoms with Gasteiger partial charge in [-0.1, -0.05) is 25.1 Å². The number of ether oxygens (including phenoxy) is 1. The van der Waals surface area contributed by atoms with E-state index >= 15 is 0 Å².